The highest BCUT2D eigenvalue weighted by Gasteiger charge is 1.99. The molecule has 4 nitrogen and oxygen atoms in total. The molecule has 16 heavy (non-hydrogen) atoms. The Hall–Kier alpha value is -0.610. The van der Waals surface area contributed by atoms with Crippen LogP contribution in [0, 0.1) is 0 Å². The Morgan fingerprint density at radius 3 is 2.62 bits per heavy atom. The molecule has 0 unspecified atom stereocenters. The van der Waals surface area contributed by atoms with Gasteiger partial charge in [-0.2, -0.15) is 0 Å². The summed E-state index contributed by atoms with van der Waals surface area (Å²) in [5.41, 5.74) is 5.35. The number of unbranched alkanes of at least 4 members (excludes halogenated alkanes) is 2. The van der Waals surface area contributed by atoms with Gasteiger partial charge in [-0.25, -0.2) is 0 Å². The largest absolute Gasteiger partial charge is 0.379 e. The second-order valence-electron chi connectivity index (χ2n) is 4.22. The third-order valence-corrected chi connectivity index (χ3v) is 2.20. The lowest BCUT2D eigenvalue weighted by Crippen LogP contribution is -2.24. The van der Waals surface area contributed by atoms with Gasteiger partial charge < -0.3 is 15.8 Å². The lowest BCUT2D eigenvalue weighted by Gasteiger charge is -2.07. The van der Waals surface area contributed by atoms with Crippen LogP contribution in [-0.4, -0.2) is 31.7 Å². The first kappa shape index (κ1) is 15.4. The van der Waals surface area contributed by atoms with E-state index in [1.54, 1.807) is 0 Å². The van der Waals surface area contributed by atoms with Gasteiger partial charge in [0.25, 0.3) is 0 Å². The predicted octanol–water partition coefficient (Wildman–Crippen LogP) is 1.44. The predicted molar refractivity (Wildman–Crippen MR) is 66.2 cm³/mol. The van der Waals surface area contributed by atoms with Crippen LogP contribution in [0.3, 0.4) is 0 Å². The highest BCUT2D eigenvalue weighted by atomic mass is 16.5. The van der Waals surface area contributed by atoms with E-state index >= 15 is 0 Å². The van der Waals surface area contributed by atoms with Crippen LogP contribution in [0.5, 0.6) is 0 Å². The first-order valence-electron chi connectivity index (χ1n) is 6.25. The zero-order chi connectivity index (χ0) is 12.2. The average Bonchev–Trinajstić information content (AvgIpc) is 2.23. The molecular weight excluding hydrogens is 204 g/mol. The van der Waals surface area contributed by atoms with Crippen molar-refractivity contribution in [2.45, 2.75) is 52.1 Å². The molecule has 4 heteroatoms. The van der Waals surface area contributed by atoms with Crippen molar-refractivity contribution in [3.05, 3.63) is 0 Å². The van der Waals surface area contributed by atoms with E-state index < -0.39 is 0 Å². The summed E-state index contributed by atoms with van der Waals surface area (Å²) in [6.07, 6.45) is 4.69. The van der Waals surface area contributed by atoms with Crippen molar-refractivity contribution in [3.63, 3.8) is 0 Å². The van der Waals surface area contributed by atoms with Crippen molar-refractivity contribution < 1.29 is 9.53 Å². The third kappa shape index (κ3) is 11.5. The van der Waals surface area contributed by atoms with Crippen LogP contribution in [0.2, 0.25) is 0 Å². The van der Waals surface area contributed by atoms with E-state index in [1.807, 2.05) is 13.8 Å². The van der Waals surface area contributed by atoms with E-state index in [9.17, 15) is 4.79 Å². The van der Waals surface area contributed by atoms with Gasteiger partial charge in [-0.05, 0) is 46.1 Å². The van der Waals surface area contributed by atoms with Crippen molar-refractivity contribution in [3.8, 4) is 0 Å². The molecule has 0 saturated carbocycles. The summed E-state index contributed by atoms with van der Waals surface area (Å²) in [6, 6.07) is 0. The van der Waals surface area contributed by atoms with Gasteiger partial charge in [0.15, 0.2) is 0 Å². The quantitative estimate of drug-likeness (QED) is 0.558. The Kier molecular flexibility index (Phi) is 10.5. The van der Waals surface area contributed by atoms with E-state index in [1.165, 1.54) is 0 Å². The van der Waals surface area contributed by atoms with Crippen LogP contribution in [0.15, 0.2) is 0 Å². The second-order valence-corrected chi connectivity index (χ2v) is 4.22. The molecule has 0 aromatic carbocycles. The normalized spacial score (nSPS) is 10.8. The van der Waals surface area contributed by atoms with E-state index in [4.69, 9.17) is 10.5 Å². The number of amides is 1. The highest BCUT2D eigenvalue weighted by molar-refractivity contribution is 5.75. The summed E-state index contributed by atoms with van der Waals surface area (Å²) >= 11 is 0. The number of nitrogens with two attached hydrogens (primary N) is 1. The molecule has 0 heterocycles. The molecule has 0 spiro atoms. The van der Waals surface area contributed by atoms with Gasteiger partial charge in [-0.15, -0.1) is 0 Å². The summed E-state index contributed by atoms with van der Waals surface area (Å²) in [4.78, 5) is 11.3. The van der Waals surface area contributed by atoms with Gasteiger partial charge in [-0.3, -0.25) is 4.79 Å². The molecule has 3 N–H and O–H groups in total. The van der Waals surface area contributed by atoms with Crippen LogP contribution in [0.1, 0.15) is 46.0 Å². The summed E-state index contributed by atoms with van der Waals surface area (Å²) in [7, 11) is 0. The van der Waals surface area contributed by atoms with Crippen LogP contribution in [0.25, 0.3) is 0 Å². The number of carbonyl (C=O) groups excluding carboxylic acids is 1. The van der Waals surface area contributed by atoms with Gasteiger partial charge in [0.1, 0.15) is 0 Å². The number of nitrogens with one attached hydrogen (secondary N) is 1. The molecule has 0 bridgehead atoms. The molecular formula is C12H26N2O2. The lowest BCUT2D eigenvalue weighted by molar-refractivity contribution is -0.121. The van der Waals surface area contributed by atoms with Gasteiger partial charge in [0.05, 0.1) is 6.10 Å². The minimum absolute atomic E-state index is 0.137. The van der Waals surface area contributed by atoms with E-state index in [2.05, 4.69) is 5.32 Å². The van der Waals surface area contributed by atoms with E-state index in [0.29, 0.717) is 19.1 Å². The molecule has 96 valence electrons. The maximum atomic E-state index is 11.3. The molecule has 0 aliphatic rings. The highest BCUT2D eigenvalue weighted by Crippen LogP contribution is 1.95. The number of hydrogen-bond acceptors (Lipinski definition) is 3. The molecule has 0 aliphatic heterocycles. The SMILES string of the molecule is CC(C)OCCCCNC(=O)CCCCN. The molecule has 0 saturated heterocycles. The topological polar surface area (TPSA) is 64.3 Å². The molecule has 0 atom stereocenters. The second kappa shape index (κ2) is 10.9. The summed E-state index contributed by atoms with van der Waals surface area (Å²) in [6.45, 7) is 6.25. The molecule has 0 radical (unpaired) electrons. The van der Waals surface area contributed by atoms with Crippen molar-refractivity contribution in [2.75, 3.05) is 19.7 Å². The molecule has 1 amide bonds. The Bertz CT molecular complexity index is 172. The Morgan fingerprint density at radius 2 is 2.00 bits per heavy atom. The maximum Gasteiger partial charge on any atom is 0.219 e. The van der Waals surface area contributed by atoms with Crippen molar-refractivity contribution in [1.82, 2.24) is 5.32 Å². The fourth-order valence-electron chi connectivity index (χ4n) is 1.29. The van der Waals surface area contributed by atoms with Crippen LogP contribution < -0.4 is 11.1 Å². The molecule has 0 aromatic rings. The minimum atomic E-state index is 0.137. The van der Waals surface area contributed by atoms with Gasteiger partial charge in [0.2, 0.25) is 5.91 Å². The fourth-order valence-corrected chi connectivity index (χ4v) is 1.29. The molecule has 0 aliphatic carbocycles. The number of rotatable bonds is 10. The first-order chi connectivity index (χ1) is 7.66. The van der Waals surface area contributed by atoms with Crippen molar-refractivity contribution >= 4 is 5.91 Å². The summed E-state index contributed by atoms with van der Waals surface area (Å²) < 4.78 is 5.40. The number of hydrogen-bond donors (Lipinski definition) is 2. The Balaban J connectivity index is 3.15. The first-order valence-corrected chi connectivity index (χ1v) is 6.25. The monoisotopic (exact) mass is 230 g/mol. The summed E-state index contributed by atoms with van der Waals surface area (Å²) in [5.74, 6) is 0.137. The van der Waals surface area contributed by atoms with Gasteiger partial charge >= 0.3 is 0 Å². The number of ether oxygens (including phenoxy) is 1. The zero-order valence-electron chi connectivity index (χ0n) is 10.6. The number of carbonyl (C=O) groups is 1. The van der Waals surface area contributed by atoms with E-state index in [-0.39, 0.29) is 5.91 Å². The van der Waals surface area contributed by atoms with Gasteiger partial charge in [-0.1, -0.05) is 0 Å². The Morgan fingerprint density at radius 1 is 1.25 bits per heavy atom. The summed E-state index contributed by atoms with van der Waals surface area (Å²) in [5, 5.41) is 2.89. The molecule has 0 fully saturated rings. The standard InChI is InChI=1S/C12H26N2O2/c1-11(2)16-10-6-5-9-14-12(15)7-3-4-8-13/h11H,3-10,13H2,1-2H3,(H,14,15). The Labute approximate surface area is 98.9 Å². The van der Waals surface area contributed by atoms with E-state index in [0.717, 1.165) is 38.8 Å². The lowest BCUT2D eigenvalue weighted by atomic mass is 10.2. The molecule has 0 rings (SSSR count). The van der Waals surface area contributed by atoms with Crippen molar-refractivity contribution in [1.29, 1.82) is 0 Å². The zero-order valence-corrected chi connectivity index (χ0v) is 10.6. The minimum Gasteiger partial charge on any atom is -0.379 e. The molecule has 0 aromatic heterocycles. The van der Waals surface area contributed by atoms with Crippen LogP contribution >= 0.6 is 0 Å². The fraction of sp³-hybridized carbons (Fsp3) is 0.917. The van der Waals surface area contributed by atoms with Gasteiger partial charge in [0, 0.05) is 19.6 Å². The van der Waals surface area contributed by atoms with Crippen molar-refractivity contribution in [2.24, 2.45) is 5.73 Å². The maximum absolute atomic E-state index is 11.3. The van der Waals surface area contributed by atoms with Crippen LogP contribution in [0.4, 0.5) is 0 Å². The van der Waals surface area contributed by atoms with Crippen LogP contribution in [-0.2, 0) is 9.53 Å². The third-order valence-electron chi connectivity index (χ3n) is 2.20. The average molecular weight is 230 g/mol. The smallest absolute Gasteiger partial charge is 0.219 e.